The van der Waals surface area contributed by atoms with Crippen LogP contribution in [0.4, 0.5) is 10.2 Å². The van der Waals surface area contributed by atoms with Gasteiger partial charge in [0.2, 0.25) is 5.82 Å². The van der Waals surface area contributed by atoms with E-state index >= 15 is 0 Å². The minimum Gasteiger partial charge on any atom is -0.494 e. The molecule has 3 aromatic heterocycles. The number of nitrogens with zero attached hydrogens (tertiary/aromatic N) is 4. The number of nitrogens with one attached hydrogen (secondary N) is 1. The highest BCUT2D eigenvalue weighted by molar-refractivity contribution is 7.87. The SMILES string of the molecule is COc1cnc(OC)c(F)c1C#Cc1cn([C@@H]2O[C@H](CNS(N)(=O)=O)[C@@H](O)[C@H]2O)c2ncnc(N)c12. The molecule has 14 nitrogen and oxygen atoms in total. The van der Waals surface area contributed by atoms with Gasteiger partial charge in [-0.15, -0.1) is 0 Å². The highest BCUT2D eigenvalue weighted by atomic mass is 32.2. The number of nitrogens with two attached hydrogens (primary N) is 2. The summed E-state index contributed by atoms with van der Waals surface area (Å²) in [6, 6.07) is 0. The van der Waals surface area contributed by atoms with Crippen molar-refractivity contribution in [3.63, 3.8) is 0 Å². The van der Waals surface area contributed by atoms with Gasteiger partial charge >= 0.3 is 0 Å². The quantitative estimate of drug-likeness (QED) is 0.232. The zero-order chi connectivity index (χ0) is 26.2. The van der Waals surface area contributed by atoms with Crippen molar-refractivity contribution < 1.29 is 37.2 Å². The Kier molecular flexibility index (Phi) is 6.95. The molecule has 192 valence electrons. The van der Waals surface area contributed by atoms with Gasteiger partial charge in [0.25, 0.3) is 16.1 Å². The van der Waals surface area contributed by atoms with E-state index in [1.165, 1.54) is 37.5 Å². The zero-order valence-electron chi connectivity index (χ0n) is 18.9. The summed E-state index contributed by atoms with van der Waals surface area (Å²) in [7, 11) is -1.47. The molecule has 3 aromatic rings. The number of fused-ring (bicyclic) bond motifs is 1. The second-order valence-electron chi connectivity index (χ2n) is 7.62. The Bertz CT molecular complexity index is 1470. The smallest absolute Gasteiger partial charge is 0.274 e. The second-order valence-corrected chi connectivity index (χ2v) is 9.00. The first kappa shape index (κ1) is 25.5. The summed E-state index contributed by atoms with van der Waals surface area (Å²) in [5.41, 5.74) is 6.37. The van der Waals surface area contributed by atoms with Gasteiger partial charge in [-0.1, -0.05) is 11.8 Å². The molecule has 4 rings (SSSR count). The number of aromatic nitrogens is 4. The molecule has 7 N–H and O–H groups in total. The molecule has 0 unspecified atom stereocenters. The summed E-state index contributed by atoms with van der Waals surface area (Å²) in [5.74, 6) is 4.47. The average Bonchev–Trinajstić information content (AvgIpc) is 3.34. The van der Waals surface area contributed by atoms with E-state index in [2.05, 4.69) is 26.8 Å². The molecule has 4 heterocycles. The molecule has 36 heavy (non-hydrogen) atoms. The molecule has 0 bridgehead atoms. The Morgan fingerprint density at radius 3 is 2.64 bits per heavy atom. The minimum absolute atomic E-state index is 0.0447. The van der Waals surface area contributed by atoms with Gasteiger partial charge in [0.1, 0.15) is 41.7 Å². The standard InChI is InChI=1S/C20H22FN7O7S/c1-33-11-5-24-19(34-2)14(21)10(11)4-3-9-7-28(18-13(9)17(22)25-8-26-18)20-16(30)15(29)12(35-20)6-27-36(23,31)32/h5,7-8,12,15-16,20,27,29-30H,6H2,1-2H3,(H2,22,25,26)(H2,23,31,32)/t12-,15-,16-,20-/m1/s1. The van der Waals surface area contributed by atoms with Gasteiger partial charge in [0, 0.05) is 12.7 Å². The van der Waals surface area contributed by atoms with Crippen molar-refractivity contribution in [3.8, 4) is 23.5 Å². The highest BCUT2D eigenvalue weighted by Gasteiger charge is 2.44. The number of halogens is 1. The van der Waals surface area contributed by atoms with Crippen molar-refractivity contribution in [2.45, 2.75) is 24.5 Å². The average molecular weight is 524 g/mol. The molecule has 1 aliphatic heterocycles. The third kappa shape index (κ3) is 4.75. The first-order valence-electron chi connectivity index (χ1n) is 10.2. The van der Waals surface area contributed by atoms with E-state index in [0.717, 1.165) is 0 Å². The molecule has 0 spiro atoms. The van der Waals surface area contributed by atoms with E-state index in [1.807, 2.05) is 4.72 Å². The van der Waals surface area contributed by atoms with Gasteiger partial charge in [0.15, 0.2) is 12.0 Å². The monoisotopic (exact) mass is 523 g/mol. The van der Waals surface area contributed by atoms with Crippen molar-refractivity contribution in [2.24, 2.45) is 5.14 Å². The number of hydrogen-bond donors (Lipinski definition) is 5. The van der Waals surface area contributed by atoms with E-state index in [4.69, 9.17) is 25.1 Å². The number of aliphatic hydroxyl groups excluding tert-OH is 2. The fourth-order valence-electron chi connectivity index (χ4n) is 3.72. The summed E-state index contributed by atoms with van der Waals surface area (Å²) >= 11 is 0. The Balaban J connectivity index is 1.77. The molecule has 16 heteroatoms. The molecule has 0 aromatic carbocycles. The zero-order valence-corrected chi connectivity index (χ0v) is 19.7. The molecule has 1 fully saturated rings. The number of nitrogen functional groups attached to an aromatic ring is 1. The summed E-state index contributed by atoms with van der Waals surface area (Å²) in [6.45, 7) is -0.389. The van der Waals surface area contributed by atoms with Crippen molar-refractivity contribution >= 4 is 27.1 Å². The Labute approximate surface area is 204 Å². The molecule has 4 atom stereocenters. The van der Waals surface area contributed by atoms with Gasteiger partial charge in [-0.3, -0.25) is 0 Å². The number of methoxy groups -OCH3 is 2. The normalized spacial score (nSPS) is 21.8. The Morgan fingerprint density at radius 2 is 1.97 bits per heavy atom. The number of pyridine rings is 1. The van der Waals surface area contributed by atoms with Crippen molar-refractivity contribution in [2.75, 3.05) is 26.5 Å². The first-order valence-corrected chi connectivity index (χ1v) is 11.8. The molecule has 0 aliphatic carbocycles. The van der Waals surface area contributed by atoms with Crippen LogP contribution in [0.5, 0.6) is 11.6 Å². The fraction of sp³-hybridized carbons (Fsp3) is 0.350. The van der Waals surface area contributed by atoms with Crippen LogP contribution in [0.1, 0.15) is 17.4 Å². The number of aliphatic hydroxyl groups is 2. The lowest BCUT2D eigenvalue weighted by Gasteiger charge is -2.17. The lowest BCUT2D eigenvalue weighted by atomic mass is 10.1. The molecular formula is C20H22FN7O7S. The third-order valence-electron chi connectivity index (χ3n) is 5.42. The molecule has 0 amide bonds. The predicted octanol–water partition coefficient (Wildman–Crippen LogP) is -1.62. The molecular weight excluding hydrogens is 501 g/mol. The van der Waals surface area contributed by atoms with E-state index in [-0.39, 0.29) is 46.2 Å². The van der Waals surface area contributed by atoms with Gasteiger partial charge in [-0.2, -0.15) is 17.5 Å². The van der Waals surface area contributed by atoms with E-state index in [9.17, 15) is 23.0 Å². The maximum Gasteiger partial charge on any atom is 0.274 e. The van der Waals surface area contributed by atoms with E-state index in [1.54, 1.807) is 0 Å². The number of anilines is 1. The third-order valence-corrected chi connectivity index (χ3v) is 5.99. The largest absolute Gasteiger partial charge is 0.494 e. The van der Waals surface area contributed by atoms with E-state index < -0.39 is 40.6 Å². The summed E-state index contributed by atoms with van der Waals surface area (Å²) in [5, 5.41) is 26.2. The van der Waals surface area contributed by atoms with Crippen LogP contribution in [0.2, 0.25) is 0 Å². The van der Waals surface area contributed by atoms with Crippen LogP contribution in [-0.2, 0) is 14.9 Å². The van der Waals surface area contributed by atoms with Crippen molar-refractivity contribution in [1.29, 1.82) is 0 Å². The molecule has 0 radical (unpaired) electrons. The maximum absolute atomic E-state index is 14.8. The van der Waals surface area contributed by atoms with Gasteiger partial charge in [-0.05, 0) is 0 Å². The van der Waals surface area contributed by atoms with Gasteiger partial charge < -0.3 is 34.7 Å². The van der Waals surface area contributed by atoms with Crippen molar-refractivity contribution in [1.82, 2.24) is 24.2 Å². The van der Waals surface area contributed by atoms with E-state index in [0.29, 0.717) is 0 Å². The summed E-state index contributed by atoms with van der Waals surface area (Å²) < 4.78 is 56.3. The predicted molar refractivity (Wildman–Crippen MR) is 122 cm³/mol. The van der Waals surface area contributed by atoms with Crippen LogP contribution in [0.25, 0.3) is 11.0 Å². The van der Waals surface area contributed by atoms with Crippen LogP contribution in [-0.4, -0.2) is 77.2 Å². The second kappa shape index (κ2) is 9.81. The first-order chi connectivity index (χ1) is 17.1. The van der Waals surface area contributed by atoms with Crippen LogP contribution >= 0.6 is 0 Å². The molecule has 0 saturated carbocycles. The lowest BCUT2D eigenvalue weighted by molar-refractivity contribution is -0.0327. The van der Waals surface area contributed by atoms with Gasteiger partial charge in [0.05, 0.1) is 31.4 Å². The molecule has 1 saturated heterocycles. The summed E-state index contributed by atoms with van der Waals surface area (Å²) in [4.78, 5) is 11.9. The number of ether oxygens (including phenoxy) is 3. The topological polar surface area (TPSA) is 210 Å². The van der Waals surface area contributed by atoms with Gasteiger partial charge in [-0.25, -0.2) is 20.1 Å². The summed E-state index contributed by atoms with van der Waals surface area (Å²) in [6.07, 6.45) is -1.40. The number of rotatable bonds is 6. The minimum atomic E-state index is -4.06. The Hall–Kier alpha value is -3.59. The van der Waals surface area contributed by atoms with Crippen LogP contribution in [0.3, 0.4) is 0 Å². The van der Waals surface area contributed by atoms with Crippen LogP contribution in [0, 0.1) is 17.7 Å². The van der Waals surface area contributed by atoms with Crippen LogP contribution < -0.4 is 25.1 Å². The maximum atomic E-state index is 14.8. The highest BCUT2D eigenvalue weighted by Crippen LogP contribution is 2.34. The number of hydrogen-bond acceptors (Lipinski definition) is 11. The molecule has 1 aliphatic rings. The van der Waals surface area contributed by atoms with Crippen LogP contribution in [0.15, 0.2) is 18.7 Å². The Morgan fingerprint density at radius 1 is 1.22 bits per heavy atom. The fourth-order valence-corrected chi connectivity index (χ4v) is 4.12. The lowest BCUT2D eigenvalue weighted by Crippen LogP contribution is -2.42. The van der Waals surface area contributed by atoms with Crippen molar-refractivity contribution in [3.05, 3.63) is 35.7 Å².